The number of hydrogen-bond donors (Lipinski definition) is 1. The van der Waals surface area contributed by atoms with Crippen LogP contribution in [0.1, 0.15) is 21.5 Å². The third-order valence-corrected chi connectivity index (χ3v) is 6.97. The molecule has 3 aromatic carbocycles. The summed E-state index contributed by atoms with van der Waals surface area (Å²) in [6, 6.07) is 14.3. The van der Waals surface area contributed by atoms with Gasteiger partial charge in [-0.15, -0.1) is 0 Å². The lowest BCUT2D eigenvalue weighted by atomic mass is 10.1. The number of carbonyl (C=O) groups excluding carboxylic acids is 1. The van der Waals surface area contributed by atoms with E-state index in [0.717, 1.165) is 16.4 Å². The molecule has 0 aliphatic rings. The average molecular weight is 513 g/mol. The van der Waals surface area contributed by atoms with Crippen molar-refractivity contribution in [2.75, 3.05) is 19.5 Å². The Balaban J connectivity index is 1.84. The van der Waals surface area contributed by atoms with Gasteiger partial charge in [-0.05, 0) is 60.7 Å². The molecule has 0 unspecified atom stereocenters. The Morgan fingerprint density at radius 1 is 1.06 bits per heavy atom. The second-order valence-corrected chi connectivity index (χ2v) is 9.76. The van der Waals surface area contributed by atoms with Gasteiger partial charge in [-0.2, -0.15) is 17.5 Å². The first kappa shape index (κ1) is 25.5. The third kappa shape index (κ3) is 5.88. The number of hydrogen-bond acceptors (Lipinski definition) is 4. The number of nitrogens with zero attached hydrogens (tertiary/aromatic N) is 1. The lowest BCUT2D eigenvalue weighted by Gasteiger charge is -2.19. The van der Waals surface area contributed by atoms with E-state index in [4.69, 9.17) is 16.3 Å². The van der Waals surface area contributed by atoms with Crippen molar-refractivity contribution in [1.82, 2.24) is 4.31 Å². The zero-order chi connectivity index (χ0) is 25.1. The molecule has 0 aliphatic carbocycles. The second kappa shape index (κ2) is 10.0. The molecule has 0 fully saturated rings. The quantitative estimate of drug-likeness (QED) is 0.457. The Kier molecular flexibility index (Phi) is 7.54. The fourth-order valence-electron chi connectivity index (χ4n) is 3.13. The summed E-state index contributed by atoms with van der Waals surface area (Å²) in [6.45, 7) is -0.126. The van der Waals surface area contributed by atoms with E-state index in [1.54, 1.807) is 0 Å². The summed E-state index contributed by atoms with van der Waals surface area (Å²) in [5, 5.41) is 2.82. The molecule has 0 spiro atoms. The van der Waals surface area contributed by atoms with Gasteiger partial charge in [-0.1, -0.05) is 17.7 Å². The average Bonchev–Trinajstić information content (AvgIpc) is 2.79. The van der Waals surface area contributed by atoms with Crippen molar-refractivity contribution < 1.29 is 31.1 Å². The fraction of sp³-hybridized carbons (Fsp3) is 0.174. The molecular formula is C23H20ClF3N2O4S. The van der Waals surface area contributed by atoms with Crippen LogP contribution in [0.5, 0.6) is 5.75 Å². The number of amides is 1. The van der Waals surface area contributed by atoms with Gasteiger partial charge < -0.3 is 10.1 Å². The summed E-state index contributed by atoms with van der Waals surface area (Å²) in [6.07, 6.45) is -4.55. The van der Waals surface area contributed by atoms with E-state index in [0.29, 0.717) is 16.3 Å². The molecule has 0 aromatic heterocycles. The maximum atomic E-state index is 12.9. The molecule has 0 heterocycles. The van der Waals surface area contributed by atoms with Gasteiger partial charge in [0, 0.05) is 35.4 Å². The second-order valence-electron chi connectivity index (χ2n) is 7.27. The zero-order valence-corrected chi connectivity index (χ0v) is 19.6. The molecule has 180 valence electrons. The normalized spacial score (nSPS) is 12.0. The summed E-state index contributed by atoms with van der Waals surface area (Å²) in [5.74, 6) is -0.319. The summed E-state index contributed by atoms with van der Waals surface area (Å²) in [7, 11) is -1.10. The van der Waals surface area contributed by atoms with Crippen LogP contribution in [0.15, 0.2) is 71.6 Å². The Morgan fingerprint density at radius 3 is 2.35 bits per heavy atom. The number of ether oxygens (including phenoxy) is 1. The van der Waals surface area contributed by atoms with Gasteiger partial charge in [-0.25, -0.2) is 8.42 Å². The number of rotatable bonds is 7. The molecule has 1 N–H and O–H groups in total. The fourth-order valence-corrected chi connectivity index (χ4v) is 4.41. The Morgan fingerprint density at radius 2 is 1.74 bits per heavy atom. The molecule has 3 rings (SSSR count). The van der Waals surface area contributed by atoms with E-state index in [-0.39, 0.29) is 22.7 Å². The highest BCUT2D eigenvalue weighted by atomic mass is 35.5. The standard InChI is InChI=1S/C23H20ClF3N2O4S/c1-29(34(31,32)20-9-7-18(24)8-10-20)14-16-12-15(6-11-21(16)33-2)22(30)28-19-5-3-4-17(13-19)23(25,26)27/h3-13H,14H2,1-2H3,(H,28,30). The molecule has 0 saturated carbocycles. The van der Waals surface area contributed by atoms with Crippen LogP contribution in [0.2, 0.25) is 5.02 Å². The summed E-state index contributed by atoms with van der Waals surface area (Å²) in [5.41, 5.74) is -0.417. The highest BCUT2D eigenvalue weighted by Gasteiger charge is 2.30. The van der Waals surface area contributed by atoms with E-state index in [1.165, 1.54) is 68.8 Å². The van der Waals surface area contributed by atoms with Crippen molar-refractivity contribution >= 4 is 33.2 Å². The van der Waals surface area contributed by atoms with Crippen LogP contribution in [0, 0.1) is 0 Å². The van der Waals surface area contributed by atoms with E-state index < -0.39 is 27.7 Å². The van der Waals surface area contributed by atoms with Crippen molar-refractivity contribution in [3.63, 3.8) is 0 Å². The minimum atomic E-state index is -4.55. The number of anilines is 1. The van der Waals surface area contributed by atoms with E-state index >= 15 is 0 Å². The third-order valence-electron chi connectivity index (χ3n) is 4.91. The number of halogens is 4. The van der Waals surface area contributed by atoms with Gasteiger partial charge in [-0.3, -0.25) is 4.79 Å². The summed E-state index contributed by atoms with van der Waals surface area (Å²) >= 11 is 5.83. The van der Waals surface area contributed by atoms with Crippen LogP contribution in [0.3, 0.4) is 0 Å². The Hall–Kier alpha value is -3.08. The largest absolute Gasteiger partial charge is 0.496 e. The molecule has 11 heteroatoms. The maximum Gasteiger partial charge on any atom is 0.416 e. The molecule has 6 nitrogen and oxygen atoms in total. The molecule has 0 aliphatic heterocycles. The number of benzene rings is 3. The van der Waals surface area contributed by atoms with Gasteiger partial charge in [0.05, 0.1) is 17.6 Å². The monoisotopic (exact) mass is 512 g/mol. The van der Waals surface area contributed by atoms with Gasteiger partial charge in [0.1, 0.15) is 5.75 Å². The van der Waals surface area contributed by atoms with Crippen LogP contribution >= 0.6 is 11.6 Å². The highest BCUT2D eigenvalue weighted by Crippen LogP contribution is 2.31. The first-order valence-corrected chi connectivity index (χ1v) is 11.6. The van der Waals surface area contributed by atoms with E-state index in [1.807, 2.05) is 0 Å². The molecule has 0 atom stereocenters. The predicted molar refractivity (Wildman–Crippen MR) is 122 cm³/mol. The number of sulfonamides is 1. The zero-order valence-electron chi connectivity index (χ0n) is 18.1. The van der Waals surface area contributed by atoms with E-state index in [9.17, 15) is 26.4 Å². The Bertz CT molecular complexity index is 1300. The first-order chi connectivity index (χ1) is 15.9. The van der Waals surface area contributed by atoms with Gasteiger partial charge in [0.15, 0.2) is 0 Å². The first-order valence-electron chi connectivity index (χ1n) is 9.79. The number of carbonyl (C=O) groups is 1. The molecule has 3 aromatic rings. The molecule has 0 bridgehead atoms. The van der Waals surface area contributed by atoms with E-state index in [2.05, 4.69) is 5.32 Å². The molecule has 34 heavy (non-hydrogen) atoms. The minimum absolute atomic E-state index is 0.0281. The molecule has 0 saturated heterocycles. The smallest absolute Gasteiger partial charge is 0.416 e. The van der Waals surface area contributed by atoms with Crippen molar-refractivity contribution in [2.24, 2.45) is 0 Å². The van der Waals surface area contributed by atoms with Crippen LogP contribution in [-0.4, -0.2) is 32.8 Å². The highest BCUT2D eigenvalue weighted by molar-refractivity contribution is 7.89. The van der Waals surface area contributed by atoms with Crippen molar-refractivity contribution in [2.45, 2.75) is 17.6 Å². The minimum Gasteiger partial charge on any atom is -0.496 e. The van der Waals surface area contributed by atoms with Crippen molar-refractivity contribution in [3.05, 3.63) is 88.4 Å². The van der Waals surface area contributed by atoms with Gasteiger partial charge in [0.2, 0.25) is 10.0 Å². The van der Waals surface area contributed by atoms with Crippen LogP contribution in [0.4, 0.5) is 18.9 Å². The lowest BCUT2D eigenvalue weighted by Crippen LogP contribution is -2.27. The number of methoxy groups -OCH3 is 1. The molecular weight excluding hydrogens is 493 g/mol. The predicted octanol–water partition coefficient (Wildman–Crippen LogP) is 5.44. The molecule has 1 amide bonds. The van der Waals surface area contributed by atoms with Crippen LogP contribution in [-0.2, 0) is 22.7 Å². The topological polar surface area (TPSA) is 75.7 Å². The number of nitrogens with one attached hydrogen (secondary N) is 1. The Labute approximate surface area is 200 Å². The summed E-state index contributed by atoms with van der Waals surface area (Å²) < 4.78 is 71.0. The van der Waals surface area contributed by atoms with Crippen molar-refractivity contribution in [3.8, 4) is 5.75 Å². The maximum absolute atomic E-state index is 12.9. The van der Waals surface area contributed by atoms with Gasteiger partial charge in [0.25, 0.3) is 5.91 Å². The van der Waals surface area contributed by atoms with Gasteiger partial charge >= 0.3 is 6.18 Å². The van der Waals surface area contributed by atoms with Crippen LogP contribution in [0.25, 0.3) is 0 Å². The summed E-state index contributed by atoms with van der Waals surface area (Å²) in [4.78, 5) is 12.7. The molecule has 0 radical (unpaired) electrons. The van der Waals surface area contributed by atoms with Crippen LogP contribution < -0.4 is 10.1 Å². The van der Waals surface area contributed by atoms with Crippen molar-refractivity contribution in [1.29, 1.82) is 0 Å². The number of alkyl halides is 3. The SMILES string of the molecule is COc1ccc(C(=O)Nc2cccc(C(F)(F)F)c2)cc1CN(C)S(=O)(=O)c1ccc(Cl)cc1. The lowest BCUT2D eigenvalue weighted by molar-refractivity contribution is -0.137.